The van der Waals surface area contributed by atoms with Gasteiger partial charge in [0, 0.05) is 6.54 Å². The number of imidazole rings is 1. The van der Waals surface area contributed by atoms with Crippen LogP contribution in [0.25, 0.3) is 11.0 Å². The van der Waals surface area contributed by atoms with Gasteiger partial charge in [0.2, 0.25) is 0 Å². The van der Waals surface area contributed by atoms with Gasteiger partial charge in [0.05, 0.1) is 37.1 Å². The van der Waals surface area contributed by atoms with Crippen LogP contribution < -0.4 is 0 Å². The Bertz CT molecular complexity index is 610. The number of methoxy groups -OCH3 is 1. The van der Waals surface area contributed by atoms with Crippen LogP contribution in [0.3, 0.4) is 0 Å². The largest absolute Gasteiger partial charge is 0.469 e. The molecule has 18 heavy (non-hydrogen) atoms. The number of rotatable bonds is 4. The van der Waals surface area contributed by atoms with E-state index < -0.39 is 0 Å². The summed E-state index contributed by atoms with van der Waals surface area (Å²) in [6, 6.07) is 9.72. The van der Waals surface area contributed by atoms with Gasteiger partial charge < -0.3 is 9.30 Å². The third-order valence-corrected chi connectivity index (χ3v) is 2.74. The number of aromatic nitrogens is 2. The van der Waals surface area contributed by atoms with Gasteiger partial charge in [-0.1, -0.05) is 12.1 Å². The highest BCUT2D eigenvalue weighted by Crippen LogP contribution is 2.16. The van der Waals surface area contributed by atoms with Crippen LogP contribution in [0.4, 0.5) is 0 Å². The summed E-state index contributed by atoms with van der Waals surface area (Å²) in [6.45, 7) is 0.476. The third-order valence-electron chi connectivity index (χ3n) is 2.74. The van der Waals surface area contributed by atoms with Crippen molar-refractivity contribution in [3.8, 4) is 6.07 Å². The number of esters is 1. The van der Waals surface area contributed by atoms with E-state index in [0.717, 1.165) is 11.0 Å². The molecule has 0 N–H and O–H groups in total. The van der Waals surface area contributed by atoms with Gasteiger partial charge >= 0.3 is 5.97 Å². The van der Waals surface area contributed by atoms with E-state index in [0.29, 0.717) is 12.4 Å². The molecule has 0 radical (unpaired) electrons. The zero-order chi connectivity index (χ0) is 13.0. The Hall–Kier alpha value is -2.35. The second-order valence-electron chi connectivity index (χ2n) is 3.83. The highest BCUT2D eigenvalue weighted by atomic mass is 16.5. The van der Waals surface area contributed by atoms with E-state index >= 15 is 0 Å². The lowest BCUT2D eigenvalue weighted by molar-refractivity contribution is -0.140. The van der Waals surface area contributed by atoms with Crippen molar-refractivity contribution in [3.05, 3.63) is 30.1 Å². The molecule has 0 amide bonds. The molecule has 1 aromatic heterocycles. The van der Waals surface area contributed by atoms with Gasteiger partial charge in [0.25, 0.3) is 0 Å². The van der Waals surface area contributed by atoms with Crippen LogP contribution >= 0.6 is 0 Å². The minimum Gasteiger partial charge on any atom is -0.469 e. The van der Waals surface area contributed by atoms with Gasteiger partial charge in [-0.15, -0.1) is 0 Å². The number of nitrogens with zero attached hydrogens (tertiary/aromatic N) is 3. The molecule has 92 valence electrons. The average Bonchev–Trinajstić information content (AvgIpc) is 2.74. The first kappa shape index (κ1) is 12.1. The van der Waals surface area contributed by atoms with Crippen LogP contribution in [-0.4, -0.2) is 22.6 Å². The molecule has 1 aromatic carbocycles. The number of ether oxygens (including phenoxy) is 1. The van der Waals surface area contributed by atoms with E-state index in [1.165, 1.54) is 7.11 Å². The normalized spacial score (nSPS) is 10.2. The van der Waals surface area contributed by atoms with Crippen molar-refractivity contribution >= 4 is 17.0 Å². The second-order valence-corrected chi connectivity index (χ2v) is 3.83. The Morgan fingerprint density at radius 1 is 1.50 bits per heavy atom. The molecule has 0 bridgehead atoms. The molecular weight excluding hydrogens is 230 g/mol. The molecule has 0 atom stereocenters. The Balaban J connectivity index is 2.36. The van der Waals surface area contributed by atoms with E-state index in [4.69, 9.17) is 5.26 Å². The Morgan fingerprint density at radius 3 is 3.00 bits per heavy atom. The molecule has 2 rings (SSSR count). The summed E-state index contributed by atoms with van der Waals surface area (Å²) >= 11 is 0. The van der Waals surface area contributed by atoms with Crippen molar-refractivity contribution in [1.29, 1.82) is 5.26 Å². The fourth-order valence-electron chi connectivity index (χ4n) is 1.89. The zero-order valence-electron chi connectivity index (χ0n) is 10.1. The van der Waals surface area contributed by atoms with Crippen LogP contribution in [0.15, 0.2) is 24.3 Å². The van der Waals surface area contributed by atoms with E-state index in [-0.39, 0.29) is 18.8 Å². The average molecular weight is 243 g/mol. The van der Waals surface area contributed by atoms with Gasteiger partial charge in [-0.05, 0) is 12.1 Å². The molecule has 0 spiro atoms. The lowest BCUT2D eigenvalue weighted by atomic mass is 10.3. The molecule has 0 saturated carbocycles. The van der Waals surface area contributed by atoms with Crippen LogP contribution in [0.2, 0.25) is 0 Å². The summed E-state index contributed by atoms with van der Waals surface area (Å²) < 4.78 is 6.52. The third kappa shape index (κ3) is 2.33. The fourth-order valence-corrected chi connectivity index (χ4v) is 1.89. The standard InChI is InChI=1S/C13H13N3O2/c1-18-13(17)7-9-16-11-5-3-2-4-10(11)15-12(16)6-8-14/h2-5H,6-7,9H2,1H3. The molecule has 0 fully saturated rings. The van der Waals surface area contributed by atoms with Gasteiger partial charge in [0.15, 0.2) is 0 Å². The summed E-state index contributed by atoms with van der Waals surface area (Å²) in [7, 11) is 1.37. The van der Waals surface area contributed by atoms with Gasteiger partial charge in [-0.25, -0.2) is 4.98 Å². The summed E-state index contributed by atoms with van der Waals surface area (Å²) in [6.07, 6.45) is 0.505. The number of carbonyl (C=O) groups is 1. The van der Waals surface area contributed by atoms with E-state index in [9.17, 15) is 4.79 Å². The summed E-state index contributed by atoms with van der Waals surface area (Å²) in [4.78, 5) is 15.6. The number of carbonyl (C=O) groups excluding carboxylic acids is 1. The van der Waals surface area contributed by atoms with Gasteiger partial charge in [-0.2, -0.15) is 5.26 Å². The Labute approximate surface area is 105 Å². The number of fused-ring (bicyclic) bond motifs is 1. The van der Waals surface area contributed by atoms with Crippen molar-refractivity contribution < 1.29 is 9.53 Å². The number of para-hydroxylation sites is 2. The molecule has 0 aliphatic rings. The molecule has 2 aromatic rings. The maximum absolute atomic E-state index is 11.2. The SMILES string of the molecule is COC(=O)CCn1c(CC#N)nc2ccccc21. The lowest BCUT2D eigenvalue weighted by Gasteiger charge is -2.06. The summed E-state index contributed by atoms with van der Waals surface area (Å²) in [5, 5.41) is 8.80. The van der Waals surface area contributed by atoms with Crippen LogP contribution in [0.1, 0.15) is 12.2 Å². The first-order valence-corrected chi connectivity index (χ1v) is 5.64. The topological polar surface area (TPSA) is 67.9 Å². The first-order valence-electron chi connectivity index (χ1n) is 5.64. The molecule has 0 unspecified atom stereocenters. The number of hydrogen-bond acceptors (Lipinski definition) is 4. The predicted molar refractivity (Wildman–Crippen MR) is 65.7 cm³/mol. The van der Waals surface area contributed by atoms with E-state index in [2.05, 4.69) is 15.8 Å². The predicted octanol–water partition coefficient (Wildman–Crippen LogP) is 1.67. The molecule has 5 heteroatoms. The van der Waals surface area contributed by atoms with Crippen molar-refractivity contribution in [2.75, 3.05) is 7.11 Å². The fraction of sp³-hybridized carbons (Fsp3) is 0.308. The molecule has 0 saturated heterocycles. The first-order chi connectivity index (χ1) is 8.76. The minimum absolute atomic E-state index is 0.232. The quantitative estimate of drug-likeness (QED) is 0.766. The Morgan fingerprint density at radius 2 is 2.28 bits per heavy atom. The number of nitriles is 1. The highest BCUT2D eigenvalue weighted by molar-refractivity contribution is 5.76. The monoisotopic (exact) mass is 243 g/mol. The van der Waals surface area contributed by atoms with E-state index in [1.54, 1.807) is 0 Å². The zero-order valence-corrected chi connectivity index (χ0v) is 10.1. The molecule has 5 nitrogen and oxygen atoms in total. The maximum Gasteiger partial charge on any atom is 0.307 e. The minimum atomic E-state index is -0.268. The van der Waals surface area contributed by atoms with Crippen LogP contribution in [0.5, 0.6) is 0 Å². The molecule has 1 heterocycles. The molecular formula is C13H13N3O2. The van der Waals surface area contributed by atoms with Crippen molar-refractivity contribution in [3.63, 3.8) is 0 Å². The van der Waals surface area contributed by atoms with Crippen LogP contribution in [0, 0.1) is 11.3 Å². The molecule has 0 aliphatic carbocycles. The Kier molecular flexibility index (Phi) is 3.58. The smallest absolute Gasteiger partial charge is 0.307 e. The maximum atomic E-state index is 11.2. The van der Waals surface area contributed by atoms with Crippen molar-refractivity contribution in [2.24, 2.45) is 0 Å². The number of aryl methyl sites for hydroxylation is 1. The van der Waals surface area contributed by atoms with E-state index in [1.807, 2.05) is 28.8 Å². The number of hydrogen-bond donors (Lipinski definition) is 0. The second kappa shape index (κ2) is 5.32. The van der Waals surface area contributed by atoms with Crippen LogP contribution in [-0.2, 0) is 22.5 Å². The van der Waals surface area contributed by atoms with Gasteiger partial charge in [0.1, 0.15) is 5.82 Å². The molecule has 0 aliphatic heterocycles. The summed E-state index contributed by atoms with van der Waals surface area (Å²) in [5.41, 5.74) is 1.78. The highest BCUT2D eigenvalue weighted by Gasteiger charge is 2.11. The van der Waals surface area contributed by atoms with Crippen molar-refractivity contribution in [1.82, 2.24) is 9.55 Å². The lowest BCUT2D eigenvalue weighted by Crippen LogP contribution is -2.09. The summed E-state index contributed by atoms with van der Waals surface area (Å²) in [5.74, 6) is 0.415. The van der Waals surface area contributed by atoms with Gasteiger partial charge in [-0.3, -0.25) is 4.79 Å². The number of benzene rings is 1. The van der Waals surface area contributed by atoms with Crippen molar-refractivity contribution in [2.45, 2.75) is 19.4 Å².